The molecule has 24 heavy (non-hydrogen) atoms. The highest BCUT2D eigenvalue weighted by Crippen LogP contribution is 2.33. The van der Waals surface area contributed by atoms with Crippen molar-refractivity contribution in [1.82, 2.24) is 5.16 Å². The first-order chi connectivity index (χ1) is 11.8. The van der Waals surface area contributed by atoms with Gasteiger partial charge in [-0.25, -0.2) is 4.79 Å². The van der Waals surface area contributed by atoms with Crippen LogP contribution in [0.5, 0.6) is 5.75 Å². The fraction of sp³-hybridized carbons (Fsp3) is 0.158. The van der Waals surface area contributed by atoms with Crippen LogP contribution in [0.4, 0.5) is 0 Å². The topological polar surface area (TPSA) is 61.6 Å². The summed E-state index contributed by atoms with van der Waals surface area (Å²) in [6.07, 6.45) is 0.710. The minimum Gasteiger partial charge on any atom is -0.473 e. The Hall–Kier alpha value is -3.08. The second-order valence-corrected chi connectivity index (χ2v) is 5.03. The number of benzene rings is 2. The molecule has 122 valence electrons. The van der Waals surface area contributed by atoms with Gasteiger partial charge in [0.05, 0.1) is 18.4 Å². The second-order valence-electron chi connectivity index (χ2n) is 5.03. The number of rotatable bonds is 6. The van der Waals surface area contributed by atoms with E-state index in [0.717, 1.165) is 11.1 Å². The number of hydrogen-bond donors (Lipinski definition) is 0. The number of nitrogens with zero attached hydrogens (tertiary/aromatic N) is 1. The first-order valence-corrected chi connectivity index (χ1v) is 7.68. The molecule has 0 N–H and O–H groups in total. The molecule has 2 aromatic carbocycles. The van der Waals surface area contributed by atoms with E-state index in [1.165, 1.54) is 0 Å². The number of carbonyl (C=O) groups is 1. The maximum absolute atomic E-state index is 12.4. The molecule has 0 amide bonds. The third-order valence-corrected chi connectivity index (χ3v) is 3.44. The monoisotopic (exact) mass is 323 g/mol. The highest BCUT2D eigenvalue weighted by molar-refractivity contribution is 5.77. The molecule has 1 atom stereocenters. The second kappa shape index (κ2) is 7.46. The van der Waals surface area contributed by atoms with E-state index in [-0.39, 0.29) is 6.61 Å². The van der Waals surface area contributed by atoms with Gasteiger partial charge in [-0.15, -0.1) is 0 Å². The summed E-state index contributed by atoms with van der Waals surface area (Å²) in [4.78, 5) is 12.4. The minimum atomic E-state index is -0.852. The SMILES string of the molecule is CCOC(=O)C(Oc1ccccc1-c1ccno1)c1ccccc1. The normalized spacial score (nSPS) is 11.7. The Kier molecular flexibility index (Phi) is 4.91. The van der Waals surface area contributed by atoms with Crippen LogP contribution >= 0.6 is 0 Å². The number of aromatic nitrogens is 1. The number of esters is 1. The summed E-state index contributed by atoms with van der Waals surface area (Å²) in [6.45, 7) is 2.05. The van der Waals surface area contributed by atoms with Crippen molar-refractivity contribution in [3.8, 4) is 17.1 Å². The fourth-order valence-electron chi connectivity index (χ4n) is 2.35. The highest BCUT2D eigenvalue weighted by Gasteiger charge is 2.25. The van der Waals surface area contributed by atoms with Gasteiger partial charge in [-0.2, -0.15) is 0 Å². The molecule has 0 aliphatic heterocycles. The van der Waals surface area contributed by atoms with Gasteiger partial charge in [-0.1, -0.05) is 47.6 Å². The Labute approximate surface area is 139 Å². The molecule has 1 unspecified atom stereocenters. The molecule has 0 aliphatic carbocycles. The van der Waals surface area contributed by atoms with Crippen LogP contribution in [0.3, 0.4) is 0 Å². The number of para-hydroxylation sites is 1. The predicted octanol–water partition coefficient (Wildman–Crippen LogP) is 4.02. The van der Waals surface area contributed by atoms with Crippen LogP contribution in [-0.2, 0) is 9.53 Å². The van der Waals surface area contributed by atoms with Gasteiger partial charge in [0.25, 0.3) is 0 Å². The molecule has 1 heterocycles. The average Bonchev–Trinajstić information content (AvgIpc) is 3.15. The van der Waals surface area contributed by atoms with Crippen LogP contribution in [-0.4, -0.2) is 17.7 Å². The molecule has 0 radical (unpaired) electrons. The Balaban J connectivity index is 1.95. The third-order valence-electron chi connectivity index (χ3n) is 3.44. The van der Waals surface area contributed by atoms with Gasteiger partial charge in [0, 0.05) is 11.6 Å². The van der Waals surface area contributed by atoms with E-state index in [2.05, 4.69) is 5.16 Å². The molecule has 1 aromatic heterocycles. The smallest absolute Gasteiger partial charge is 0.352 e. The quantitative estimate of drug-likeness (QED) is 0.641. The number of hydrogen-bond acceptors (Lipinski definition) is 5. The van der Waals surface area contributed by atoms with Gasteiger partial charge in [-0.05, 0) is 19.1 Å². The number of ether oxygens (including phenoxy) is 2. The van der Waals surface area contributed by atoms with E-state index in [1.54, 1.807) is 25.3 Å². The van der Waals surface area contributed by atoms with Crippen LogP contribution in [0.25, 0.3) is 11.3 Å². The maximum Gasteiger partial charge on any atom is 0.352 e. The van der Waals surface area contributed by atoms with Gasteiger partial charge in [0.2, 0.25) is 6.10 Å². The summed E-state index contributed by atoms with van der Waals surface area (Å²) in [6, 6.07) is 18.3. The van der Waals surface area contributed by atoms with Crippen LogP contribution < -0.4 is 4.74 Å². The molecule has 0 aliphatic rings. The lowest BCUT2D eigenvalue weighted by Crippen LogP contribution is -2.21. The largest absolute Gasteiger partial charge is 0.473 e. The van der Waals surface area contributed by atoms with Crippen molar-refractivity contribution in [3.05, 3.63) is 72.4 Å². The standard InChI is InChI=1S/C19H17NO4/c1-2-22-19(21)18(14-8-4-3-5-9-14)23-16-11-7-6-10-15(16)17-12-13-20-24-17/h3-13,18H,2H2,1H3. The molecule has 0 spiro atoms. The van der Waals surface area contributed by atoms with E-state index in [0.29, 0.717) is 11.5 Å². The van der Waals surface area contributed by atoms with E-state index < -0.39 is 12.1 Å². The lowest BCUT2D eigenvalue weighted by Gasteiger charge is -2.19. The van der Waals surface area contributed by atoms with Crippen molar-refractivity contribution in [2.75, 3.05) is 6.61 Å². The average molecular weight is 323 g/mol. The van der Waals surface area contributed by atoms with E-state index in [4.69, 9.17) is 14.0 Å². The minimum absolute atomic E-state index is 0.287. The van der Waals surface area contributed by atoms with E-state index >= 15 is 0 Å². The van der Waals surface area contributed by atoms with Crippen molar-refractivity contribution in [2.24, 2.45) is 0 Å². The Morgan fingerprint density at radius 3 is 2.54 bits per heavy atom. The molecule has 5 heteroatoms. The lowest BCUT2D eigenvalue weighted by molar-refractivity contribution is -0.151. The van der Waals surface area contributed by atoms with E-state index in [9.17, 15) is 4.79 Å². The summed E-state index contributed by atoms with van der Waals surface area (Å²) in [5, 5.41) is 3.72. The van der Waals surface area contributed by atoms with Gasteiger partial charge in [-0.3, -0.25) is 0 Å². The van der Waals surface area contributed by atoms with Gasteiger partial charge < -0.3 is 14.0 Å². The van der Waals surface area contributed by atoms with Crippen LogP contribution in [0.1, 0.15) is 18.6 Å². The summed E-state index contributed by atoms with van der Waals surface area (Å²) in [5.41, 5.74) is 1.45. The first-order valence-electron chi connectivity index (χ1n) is 7.68. The van der Waals surface area contributed by atoms with Crippen LogP contribution in [0, 0.1) is 0 Å². The Bertz CT molecular complexity index is 784. The molecule has 0 saturated carbocycles. The molecule has 0 bridgehead atoms. The molecule has 0 saturated heterocycles. The van der Waals surface area contributed by atoms with Crippen LogP contribution in [0.2, 0.25) is 0 Å². The summed E-state index contributed by atoms with van der Waals surface area (Å²) < 4.78 is 16.4. The van der Waals surface area contributed by atoms with Crippen molar-refractivity contribution in [3.63, 3.8) is 0 Å². The zero-order valence-corrected chi connectivity index (χ0v) is 13.2. The molecule has 0 fully saturated rings. The van der Waals surface area contributed by atoms with Crippen molar-refractivity contribution < 1.29 is 18.8 Å². The molecule has 5 nitrogen and oxygen atoms in total. The molecule has 3 rings (SSSR count). The predicted molar refractivity (Wildman–Crippen MR) is 88.4 cm³/mol. The highest BCUT2D eigenvalue weighted by atomic mass is 16.6. The van der Waals surface area contributed by atoms with Crippen molar-refractivity contribution >= 4 is 5.97 Å². The summed E-state index contributed by atoms with van der Waals surface area (Å²) in [5.74, 6) is 0.661. The molecule has 3 aromatic rings. The first kappa shape index (κ1) is 15.8. The lowest BCUT2D eigenvalue weighted by atomic mass is 10.1. The van der Waals surface area contributed by atoms with Gasteiger partial charge >= 0.3 is 5.97 Å². The Morgan fingerprint density at radius 1 is 1.08 bits per heavy atom. The van der Waals surface area contributed by atoms with Gasteiger partial charge in [0.1, 0.15) is 5.75 Å². The van der Waals surface area contributed by atoms with Crippen molar-refractivity contribution in [2.45, 2.75) is 13.0 Å². The third kappa shape index (κ3) is 3.46. The van der Waals surface area contributed by atoms with Crippen molar-refractivity contribution in [1.29, 1.82) is 0 Å². The number of carbonyl (C=O) groups excluding carboxylic acids is 1. The maximum atomic E-state index is 12.4. The van der Waals surface area contributed by atoms with Crippen LogP contribution in [0.15, 0.2) is 71.4 Å². The molecular weight excluding hydrogens is 306 g/mol. The van der Waals surface area contributed by atoms with E-state index in [1.807, 2.05) is 48.5 Å². The zero-order chi connectivity index (χ0) is 16.8. The van der Waals surface area contributed by atoms with Gasteiger partial charge in [0.15, 0.2) is 5.76 Å². The summed E-state index contributed by atoms with van der Waals surface area (Å²) >= 11 is 0. The summed E-state index contributed by atoms with van der Waals surface area (Å²) in [7, 11) is 0. The molecular formula is C19H17NO4. The fourth-order valence-corrected chi connectivity index (χ4v) is 2.35. The zero-order valence-electron chi connectivity index (χ0n) is 13.2. The Morgan fingerprint density at radius 2 is 1.83 bits per heavy atom.